The first-order valence-electron chi connectivity index (χ1n) is 13.3. The molecule has 0 radical (unpaired) electrons. The highest BCUT2D eigenvalue weighted by Gasteiger charge is 2.34. The van der Waals surface area contributed by atoms with E-state index in [2.05, 4.69) is 5.32 Å². The summed E-state index contributed by atoms with van der Waals surface area (Å²) in [6.07, 6.45) is 2.06. The number of rotatable bonds is 12. The number of aryl methyl sites for hydroxylation is 2. The average Bonchev–Trinajstić information content (AvgIpc) is 2.90. The molecule has 9 heteroatoms. The Morgan fingerprint density at radius 1 is 0.925 bits per heavy atom. The third-order valence-corrected chi connectivity index (χ3v) is 8.42. The number of halogens is 1. The largest absolute Gasteiger partial charge is 0.352 e. The van der Waals surface area contributed by atoms with Crippen molar-refractivity contribution < 1.29 is 18.0 Å². The van der Waals surface area contributed by atoms with Crippen LogP contribution in [0.5, 0.6) is 0 Å². The van der Waals surface area contributed by atoms with Crippen molar-refractivity contribution in [1.29, 1.82) is 0 Å². The Morgan fingerprint density at radius 3 is 2.10 bits per heavy atom. The Bertz CT molecular complexity index is 1410. The average molecular weight is 584 g/mol. The van der Waals surface area contributed by atoms with Crippen molar-refractivity contribution in [3.63, 3.8) is 0 Å². The van der Waals surface area contributed by atoms with Crippen LogP contribution >= 0.6 is 11.6 Å². The van der Waals surface area contributed by atoms with Crippen LogP contribution in [0.3, 0.4) is 0 Å². The third-order valence-electron chi connectivity index (χ3n) is 6.94. The van der Waals surface area contributed by atoms with Gasteiger partial charge in [-0.3, -0.25) is 13.9 Å². The van der Waals surface area contributed by atoms with Gasteiger partial charge in [0.2, 0.25) is 21.8 Å². The third kappa shape index (κ3) is 8.08. The number of nitrogens with zero attached hydrogens (tertiary/aromatic N) is 2. The molecule has 3 rings (SSSR count). The SMILES string of the molecule is CC[C@@H](C)NC(=O)[C@@H](Cc1ccccc1)N(Cc1ccccc1Cl)C(=O)CN(c1c(C)cccc1C)S(C)(=O)=O. The lowest BCUT2D eigenvalue weighted by Crippen LogP contribution is -2.54. The number of sulfonamides is 1. The van der Waals surface area contributed by atoms with Crippen molar-refractivity contribution in [3.8, 4) is 0 Å². The molecule has 3 aromatic rings. The summed E-state index contributed by atoms with van der Waals surface area (Å²) in [5.74, 6) is -0.815. The molecule has 7 nitrogen and oxygen atoms in total. The maximum absolute atomic E-state index is 14.2. The lowest BCUT2D eigenvalue weighted by Gasteiger charge is -2.34. The van der Waals surface area contributed by atoms with Gasteiger partial charge >= 0.3 is 0 Å². The summed E-state index contributed by atoms with van der Waals surface area (Å²) >= 11 is 6.50. The fourth-order valence-electron chi connectivity index (χ4n) is 4.58. The first-order chi connectivity index (χ1) is 18.9. The van der Waals surface area contributed by atoms with Crippen molar-refractivity contribution in [2.75, 3.05) is 17.1 Å². The van der Waals surface area contributed by atoms with Gasteiger partial charge in [-0.05, 0) is 55.5 Å². The Balaban J connectivity index is 2.11. The van der Waals surface area contributed by atoms with Crippen LogP contribution in [0.4, 0.5) is 5.69 Å². The molecular formula is C31H38ClN3O4S. The van der Waals surface area contributed by atoms with Crippen molar-refractivity contribution in [3.05, 3.63) is 100 Å². The van der Waals surface area contributed by atoms with Gasteiger partial charge in [-0.15, -0.1) is 0 Å². The smallest absolute Gasteiger partial charge is 0.244 e. The lowest BCUT2D eigenvalue weighted by molar-refractivity contribution is -0.140. The minimum atomic E-state index is -3.84. The number of carbonyl (C=O) groups excluding carboxylic acids is 2. The molecule has 40 heavy (non-hydrogen) atoms. The number of para-hydroxylation sites is 1. The zero-order chi connectivity index (χ0) is 29.4. The van der Waals surface area contributed by atoms with Crippen LogP contribution in [-0.2, 0) is 32.6 Å². The molecule has 3 aromatic carbocycles. The molecule has 2 atom stereocenters. The van der Waals surface area contributed by atoms with Gasteiger partial charge in [0.1, 0.15) is 12.6 Å². The van der Waals surface area contributed by atoms with Crippen molar-refractivity contribution in [2.45, 2.75) is 59.2 Å². The summed E-state index contributed by atoms with van der Waals surface area (Å²) < 4.78 is 27.2. The van der Waals surface area contributed by atoms with E-state index in [-0.39, 0.29) is 24.9 Å². The highest BCUT2D eigenvalue weighted by molar-refractivity contribution is 7.92. The van der Waals surface area contributed by atoms with E-state index in [4.69, 9.17) is 11.6 Å². The van der Waals surface area contributed by atoms with Crippen LogP contribution in [0, 0.1) is 13.8 Å². The lowest BCUT2D eigenvalue weighted by atomic mass is 10.0. The molecule has 0 saturated carbocycles. The number of anilines is 1. The van der Waals surface area contributed by atoms with Gasteiger partial charge in [-0.2, -0.15) is 0 Å². The second-order valence-electron chi connectivity index (χ2n) is 10.1. The van der Waals surface area contributed by atoms with Crippen LogP contribution < -0.4 is 9.62 Å². The van der Waals surface area contributed by atoms with E-state index in [0.717, 1.165) is 33.7 Å². The molecule has 0 fully saturated rings. The molecule has 0 unspecified atom stereocenters. The number of nitrogens with one attached hydrogen (secondary N) is 1. The number of hydrogen-bond acceptors (Lipinski definition) is 4. The summed E-state index contributed by atoms with van der Waals surface area (Å²) in [5, 5.41) is 3.48. The molecule has 0 aromatic heterocycles. The Morgan fingerprint density at radius 2 is 1.52 bits per heavy atom. The van der Waals surface area contributed by atoms with Crippen molar-refractivity contribution in [1.82, 2.24) is 10.2 Å². The predicted molar refractivity (Wildman–Crippen MR) is 162 cm³/mol. The quantitative estimate of drug-likeness (QED) is 0.314. The Labute approximate surface area is 243 Å². The van der Waals surface area contributed by atoms with Gasteiger partial charge in [-0.1, -0.05) is 85.3 Å². The second-order valence-corrected chi connectivity index (χ2v) is 12.5. The highest BCUT2D eigenvalue weighted by Crippen LogP contribution is 2.28. The minimum Gasteiger partial charge on any atom is -0.352 e. The molecule has 2 amide bonds. The standard InChI is InChI=1S/C31H38ClN3O4S/c1-6-24(4)33-31(37)28(19-25-15-8-7-9-16-25)34(20-26-17-10-11-18-27(26)32)29(36)21-35(40(5,38)39)30-22(2)13-12-14-23(30)3/h7-18,24,28H,6,19-21H2,1-5H3,(H,33,37)/t24-,28-/m1/s1. The van der Waals surface area contributed by atoms with Gasteiger partial charge in [0.25, 0.3) is 0 Å². The van der Waals surface area contributed by atoms with Gasteiger partial charge in [0.15, 0.2) is 0 Å². The van der Waals surface area contributed by atoms with Gasteiger partial charge in [-0.25, -0.2) is 8.42 Å². The monoisotopic (exact) mass is 583 g/mol. The zero-order valence-electron chi connectivity index (χ0n) is 23.7. The fraction of sp³-hybridized carbons (Fsp3) is 0.355. The van der Waals surface area contributed by atoms with E-state index in [1.807, 2.05) is 82.3 Å². The van der Waals surface area contributed by atoms with E-state index in [0.29, 0.717) is 16.3 Å². The van der Waals surface area contributed by atoms with Crippen molar-refractivity contribution >= 4 is 39.1 Å². The first-order valence-corrected chi connectivity index (χ1v) is 15.6. The van der Waals surface area contributed by atoms with Gasteiger partial charge in [0.05, 0.1) is 11.9 Å². The number of benzene rings is 3. The summed E-state index contributed by atoms with van der Waals surface area (Å²) in [7, 11) is -3.84. The molecule has 0 aliphatic heterocycles. The summed E-state index contributed by atoms with van der Waals surface area (Å²) in [4.78, 5) is 29.4. The van der Waals surface area contributed by atoms with Crippen LogP contribution in [0.25, 0.3) is 0 Å². The molecule has 0 aliphatic rings. The number of hydrogen-bond donors (Lipinski definition) is 1. The molecule has 1 N–H and O–H groups in total. The Kier molecular flexibility index (Phi) is 10.8. The predicted octanol–water partition coefficient (Wildman–Crippen LogP) is 5.28. The molecule has 0 saturated heterocycles. The topological polar surface area (TPSA) is 86.8 Å². The minimum absolute atomic E-state index is 0.0360. The first kappa shape index (κ1) is 31.2. The molecular weight excluding hydrogens is 546 g/mol. The van der Waals surface area contributed by atoms with Gasteiger partial charge < -0.3 is 10.2 Å². The second kappa shape index (κ2) is 13.8. The van der Waals surface area contributed by atoms with E-state index in [1.54, 1.807) is 18.2 Å². The van der Waals surface area contributed by atoms with E-state index in [1.165, 1.54) is 4.90 Å². The molecule has 0 aliphatic carbocycles. The van der Waals surface area contributed by atoms with E-state index >= 15 is 0 Å². The summed E-state index contributed by atoms with van der Waals surface area (Å²) in [5.41, 5.74) is 3.44. The number of carbonyl (C=O) groups is 2. The normalized spacial score (nSPS) is 12.8. The van der Waals surface area contributed by atoms with Crippen molar-refractivity contribution in [2.24, 2.45) is 0 Å². The number of amides is 2. The van der Waals surface area contributed by atoms with Crippen LogP contribution in [0.15, 0.2) is 72.8 Å². The summed E-state index contributed by atoms with van der Waals surface area (Å²) in [6.45, 7) is 7.07. The van der Waals surface area contributed by atoms with Crippen LogP contribution in [0.1, 0.15) is 42.5 Å². The van der Waals surface area contributed by atoms with E-state index < -0.39 is 28.5 Å². The maximum atomic E-state index is 14.2. The Hall–Kier alpha value is -3.36. The highest BCUT2D eigenvalue weighted by atomic mass is 35.5. The molecule has 0 bridgehead atoms. The zero-order valence-corrected chi connectivity index (χ0v) is 25.3. The molecule has 0 spiro atoms. The summed E-state index contributed by atoms with van der Waals surface area (Å²) in [6, 6.07) is 21.0. The maximum Gasteiger partial charge on any atom is 0.244 e. The van der Waals surface area contributed by atoms with E-state index in [9.17, 15) is 18.0 Å². The molecule has 214 valence electrons. The van der Waals surface area contributed by atoms with Crippen LogP contribution in [-0.4, -0.2) is 50.0 Å². The molecule has 0 heterocycles. The fourth-order valence-corrected chi connectivity index (χ4v) is 5.74. The van der Waals surface area contributed by atoms with Crippen LogP contribution in [0.2, 0.25) is 5.02 Å². The van der Waals surface area contributed by atoms with Gasteiger partial charge in [0, 0.05) is 24.0 Å².